The van der Waals surface area contributed by atoms with Crippen molar-refractivity contribution in [2.24, 2.45) is 0 Å². The van der Waals surface area contributed by atoms with Crippen molar-refractivity contribution in [2.75, 3.05) is 0 Å². The number of fused-ring (bicyclic) bond motifs is 7. The van der Waals surface area contributed by atoms with Gasteiger partial charge in [-0.05, 0) is 73.8 Å². The maximum absolute atomic E-state index is 6.57. The monoisotopic (exact) mass is 526 g/mol. The van der Waals surface area contributed by atoms with Crippen LogP contribution in [0, 0.1) is 0 Å². The van der Waals surface area contributed by atoms with Crippen molar-refractivity contribution in [3.63, 3.8) is 0 Å². The van der Waals surface area contributed by atoms with E-state index in [2.05, 4.69) is 113 Å². The maximum Gasteiger partial charge on any atom is 0.494 e. The van der Waals surface area contributed by atoms with Gasteiger partial charge in [0.1, 0.15) is 11.2 Å². The topological polar surface area (TPSA) is 31.6 Å². The minimum atomic E-state index is -0.409. The first-order valence-corrected chi connectivity index (χ1v) is 14.3. The second-order valence-electron chi connectivity index (χ2n) is 11.6. The highest BCUT2D eigenvalue weighted by Crippen LogP contribution is 2.44. The summed E-state index contributed by atoms with van der Waals surface area (Å²) in [6.07, 6.45) is 0. The van der Waals surface area contributed by atoms with Crippen LogP contribution in [-0.2, 0) is 9.31 Å². The lowest BCUT2D eigenvalue weighted by Crippen LogP contribution is -2.41. The minimum Gasteiger partial charge on any atom is -0.455 e. The molecule has 0 aliphatic carbocycles. The van der Waals surface area contributed by atoms with Gasteiger partial charge in [0.15, 0.2) is 0 Å². The Kier molecular flexibility index (Phi) is 4.74. The summed E-state index contributed by atoms with van der Waals surface area (Å²) < 4.78 is 21.8. The van der Waals surface area contributed by atoms with Crippen molar-refractivity contribution in [1.82, 2.24) is 0 Å². The molecule has 0 radical (unpaired) electrons. The SMILES string of the molecule is CC1(C)OB(c2ccc3oc4c(-c5cccc6sc7cc8ccccc8cc7c56)cccc4c3c2)OC1(C)C. The van der Waals surface area contributed by atoms with E-state index in [1.165, 1.54) is 36.5 Å². The highest BCUT2D eigenvalue weighted by molar-refractivity contribution is 7.26. The van der Waals surface area contributed by atoms with Gasteiger partial charge in [-0.15, -0.1) is 11.3 Å². The van der Waals surface area contributed by atoms with E-state index in [1.54, 1.807) is 0 Å². The van der Waals surface area contributed by atoms with Crippen LogP contribution in [0.5, 0.6) is 0 Å². The molecule has 0 bridgehead atoms. The molecule has 0 unspecified atom stereocenters. The molecular weight excluding hydrogens is 499 g/mol. The van der Waals surface area contributed by atoms with E-state index in [1.807, 2.05) is 17.4 Å². The number of benzene rings is 5. The summed E-state index contributed by atoms with van der Waals surface area (Å²) in [5.74, 6) is 0. The Balaban J connectivity index is 1.33. The molecule has 1 aliphatic rings. The minimum absolute atomic E-state index is 0.383. The zero-order valence-corrected chi connectivity index (χ0v) is 23.2. The third-order valence-electron chi connectivity index (χ3n) is 8.70. The van der Waals surface area contributed by atoms with Gasteiger partial charge in [0.2, 0.25) is 0 Å². The quantitative estimate of drug-likeness (QED) is 0.211. The van der Waals surface area contributed by atoms with Crippen molar-refractivity contribution in [3.8, 4) is 11.1 Å². The van der Waals surface area contributed by atoms with Crippen LogP contribution in [0.4, 0.5) is 0 Å². The van der Waals surface area contributed by atoms with Gasteiger partial charge >= 0.3 is 7.12 Å². The van der Waals surface area contributed by atoms with Crippen LogP contribution in [-0.4, -0.2) is 18.3 Å². The van der Waals surface area contributed by atoms with E-state index in [4.69, 9.17) is 13.7 Å². The van der Waals surface area contributed by atoms with E-state index in [9.17, 15) is 0 Å². The summed E-state index contributed by atoms with van der Waals surface area (Å²) in [6, 6.07) is 32.6. The Morgan fingerprint density at radius 1 is 0.615 bits per heavy atom. The Morgan fingerprint density at radius 3 is 2.13 bits per heavy atom. The molecule has 3 heterocycles. The molecule has 0 amide bonds. The van der Waals surface area contributed by atoms with Gasteiger partial charge in [-0.25, -0.2) is 0 Å². The van der Waals surface area contributed by atoms with Crippen LogP contribution in [0.15, 0.2) is 95.4 Å². The Morgan fingerprint density at radius 2 is 1.33 bits per heavy atom. The molecule has 1 saturated heterocycles. The molecule has 8 rings (SSSR count). The van der Waals surface area contributed by atoms with Gasteiger partial charge in [-0.2, -0.15) is 0 Å². The fraction of sp³-hybridized carbons (Fsp3) is 0.176. The molecule has 5 heteroatoms. The molecule has 0 atom stereocenters. The molecule has 2 aromatic heterocycles. The number of rotatable bonds is 2. The maximum atomic E-state index is 6.57. The fourth-order valence-electron chi connectivity index (χ4n) is 5.89. The lowest BCUT2D eigenvalue weighted by atomic mass is 9.78. The fourth-order valence-corrected chi connectivity index (χ4v) is 7.05. The van der Waals surface area contributed by atoms with E-state index in [0.29, 0.717) is 0 Å². The van der Waals surface area contributed by atoms with E-state index in [-0.39, 0.29) is 11.2 Å². The van der Waals surface area contributed by atoms with Crippen LogP contribution >= 0.6 is 11.3 Å². The molecular formula is C34H27BO3S. The molecule has 3 nitrogen and oxygen atoms in total. The second-order valence-corrected chi connectivity index (χ2v) is 12.7. The molecule has 0 saturated carbocycles. The summed E-state index contributed by atoms with van der Waals surface area (Å²) in [7, 11) is -0.409. The highest BCUT2D eigenvalue weighted by Gasteiger charge is 2.51. The molecule has 7 aromatic rings. The van der Waals surface area contributed by atoms with Gasteiger partial charge in [-0.1, -0.05) is 66.7 Å². The molecule has 39 heavy (non-hydrogen) atoms. The van der Waals surface area contributed by atoms with Crippen molar-refractivity contribution >= 4 is 76.8 Å². The van der Waals surface area contributed by atoms with Crippen LogP contribution in [0.25, 0.3) is 64.0 Å². The highest BCUT2D eigenvalue weighted by atomic mass is 32.1. The number of thiophene rings is 1. The van der Waals surface area contributed by atoms with Crippen molar-refractivity contribution in [1.29, 1.82) is 0 Å². The van der Waals surface area contributed by atoms with Gasteiger partial charge in [-0.3, -0.25) is 0 Å². The third-order valence-corrected chi connectivity index (χ3v) is 9.82. The van der Waals surface area contributed by atoms with Crippen molar-refractivity contribution in [3.05, 3.63) is 91.0 Å². The van der Waals surface area contributed by atoms with Gasteiger partial charge < -0.3 is 13.7 Å². The van der Waals surface area contributed by atoms with E-state index < -0.39 is 7.12 Å². The molecule has 0 spiro atoms. The lowest BCUT2D eigenvalue weighted by molar-refractivity contribution is 0.00578. The van der Waals surface area contributed by atoms with Crippen LogP contribution < -0.4 is 5.46 Å². The average Bonchev–Trinajstić information content (AvgIpc) is 3.54. The normalized spacial score (nSPS) is 16.9. The van der Waals surface area contributed by atoms with Crippen LogP contribution in [0.3, 0.4) is 0 Å². The molecule has 190 valence electrons. The molecule has 1 fully saturated rings. The summed E-state index contributed by atoms with van der Waals surface area (Å²) in [6.45, 7) is 8.34. The predicted molar refractivity (Wildman–Crippen MR) is 165 cm³/mol. The summed E-state index contributed by atoms with van der Waals surface area (Å²) >= 11 is 1.85. The molecule has 5 aromatic carbocycles. The smallest absolute Gasteiger partial charge is 0.455 e. The first-order chi connectivity index (χ1) is 18.8. The van der Waals surface area contributed by atoms with Gasteiger partial charge in [0.05, 0.1) is 11.2 Å². The number of hydrogen-bond donors (Lipinski definition) is 0. The van der Waals surface area contributed by atoms with Crippen LogP contribution in [0.1, 0.15) is 27.7 Å². The van der Waals surface area contributed by atoms with E-state index in [0.717, 1.165) is 33.0 Å². The van der Waals surface area contributed by atoms with Gasteiger partial charge in [0.25, 0.3) is 0 Å². The first kappa shape index (κ1) is 23.3. The number of hydrogen-bond acceptors (Lipinski definition) is 4. The molecule has 1 aliphatic heterocycles. The number of furan rings is 1. The zero-order chi connectivity index (χ0) is 26.5. The Labute approximate surface area is 231 Å². The van der Waals surface area contributed by atoms with Crippen molar-refractivity contribution < 1.29 is 13.7 Å². The summed E-state index contributed by atoms with van der Waals surface area (Å²) in [5.41, 5.74) is 4.32. The van der Waals surface area contributed by atoms with Crippen molar-refractivity contribution in [2.45, 2.75) is 38.9 Å². The largest absolute Gasteiger partial charge is 0.494 e. The van der Waals surface area contributed by atoms with Crippen LogP contribution in [0.2, 0.25) is 0 Å². The Hall–Kier alpha value is -3.64. The summed E-state index contributed by atoms with van der Waals surface area (Å²) in [4.78, 5) is 0. The molecule has 0 N–H and O–H groups in total. The predicted octanol–water partition coefficient (Wildman–Crippen LogP) is 9.07. The standard InChI is InChI=1S/C34H27BO3S/c1-33(2)34(3,4)38-35(37-33)22-15-16-28-26(19-22)25-13-7-12-24(32(25)36-28)23-11-8-14-29-31(23)27-17-20-9-5-6-10-21(20)18-30(27)39-29/h5-19H,1-4H3. The summed E-state index contributed by atoms with van der Waals surface area (Å²) in [5, 5.41) is 7.29. The second kappa shape index (κ2) is 7.95. The lowest BCUT2D eigenvalue weighted by Gasteiger charge is -2.32. The van der Waals surface area contributed by atoms with Gasteiger partial charge in [0, 0.05) is 36.5 Å². The average molecular weight is 526 g/mol. The first-order valence-electron chi connectivity index (χ1n) is 13.4. The third kappa shape index (κ3) is 3.37. The zero-order valence-electron chi connectivity index (χ0n) is 22.4. The van der Waals surface area contributed by atoms with E-state index >= 15 is 0 Å². The number of para-hydroxylation sites is 1. The Bertz CT molecular complexity index is 2080.